The highest BCUT2D eigenvalue weighted by molar-refractivity contribution is 7.13. The summed E-state index contributed by atoms with van der Waals surface area (Å²) in [5.74, 6) is 0.257. The first-order valence-corrected chi connectivity index (χ1v) is 9.39. The van der Waals surface area contributed by atoms with Gasteiger partial charge in [0.1, 0.15) is 0 Å². The van der Waals surface area contributed by atoms with Crippen molar-refractivity contribution in [3.63, 3.8) is 0 Å². The first kappa shape index (κ1) is 15.6. The normalized spacial score (nSPS) is 18.5. The van der Waals surface area contributed by atoms with Crippen molar-refractivity contribution in [3.8, 4) is 0 Å². The minimum atomic E-state index is 0.257. The number of fused-ring (bicyclic) bond motifs is 1. The Bertz CT molecular complexity index is 695. The van der Waals surface area contributed by atoms with Gasteiger partial charge in [0.25, 0.3) is 0 Å². The molecule has 1 amide bonds. The van der Waals surface area contributed by atoms with E-state index in [0.717, 1.165) is 50.8 Å². The fourth-order valence-corrected chi connectivity index (χ4v) is 4.17. The number of carbonyl (C=O) groups is 1. The van der Waals surface area contributed by atoms with Crippen LogP contribution in [-0.4, -0.2) is 60.0 Å². The second kappa shape index (κ2) is 6.91. The molecule has 0 aliphatic carbocycles. The predicted molar refractivity (Wildman–Crippen MR) is 96.3 cm³/mol. The highest BCUT2D eigenvalue weighted by Crippen LogP contribution is 2.20. The zero-order valence-corrected chi connectivity index (χ0v) is 14.5. The molecule has 0 spiro atoms. The van der Waals surface area contributed by atoms with E-state index >= 15 is 0 Å². The number of thiazole rings is 1. The largest absolute Gasteiger partial charge is 0.346 e. The summed E-state index contributed by atoms with van der Waals surface area (Å²) in [5, 5.41) is 3.10. The molecule has 0 unspecified atom stereocenters. The number of anilines is 1. The number of piperazine rings is 1. The van der Waals surface area contributed by atoms with E-state index in [0.29, 0.717) is 6.54 Å². The Labute approximate surface area is 146 Å². The second-order valence-corrected chi connectivity index (χ2v) is 7.28. The molecule has 3 heterocycles. The van der Waals surface area contributed by atoms with Crippen LogP contribution in [0.1, 0.15) is 11.1 Å². The van der Waals surface area contributed by atoms with Crippen LogP contribution in [0.3, 0.4) is 0 Å². The Morgan fingerprint density at radius 2 is 1.88 bits per heavy atom. The molecule has 0 atom stereocenters. The van der Waals surface area contributed by atoms with Gasteiger partial charge in [-0.15, -0.1) is 11.3 Å². The van der Waals surface area contributed by atoms with E-state index in [-0.39, 0.29) is 5.91 Å². The lowest BCUT2D eigenvalue weighted by Crippen LogP contribution is -2.50. The van der Waals surface area contributed by atoms with Crippen molar-refractivity contribution >= 4 is 22.4 Å². The quantitative estimate of drug-likeness (QED) is 0.853. The van der Waals surface area contributed by atoms with Crippen molar-refractivity contribution in [1.82, 2.24) is 14.8 Å². The van der Waals surface area contributed by atoms with Gasteiger partial charge in [-0.05, 0) is 17.5 Å². The molecule has 24 heavy (non-hydrogen) atoms. The van der Waals surface area contributed by atoms with E-state index in [4.69, 9.17) is 0 Å². The van der Waals surface area contributed by atoms with E-state index in [1.54, 1.807) is 11.3 Å². The molecule has 6 heteroatoms. The molecule has 1 saturated heterocycles. The van der Waals surface area contributed by atoms with Crippen molar-refractivity contribution in [3.05, 3.63) is 47.0 Å². The Morgan fingerprint density at radius 3 is 2.62 bits per heavy atom. The third-order valence-corrected chi connectivity index (χ3v) is 5.74. The summed E-state index contributed by atoms with van der Waals surface area (Å²) in [6, 6.07) is 8.46. The summed E-state index contributed by atoms with van der Waals surface area (Å²) in [4.78, 5) is 23.6. The van der Waals surface area contributed by atoms with Gasteiger partial charge in [-0.3, -0.25) is 9.69 Å². The molecule has 0 radical (unpaired) electrons. The van der Waals surface area contributed by atoms with E-state index in [1.165, 1.54) is 11.1 Å². The van der Waals surface area contributed by atoms with Crippen LogP contribution in [0, 0.1) is 0 Å². The zero-order chi connectivity index (χ0) is 16.4. The van der Waals surface area contributed by atoms with Gasteiger partial charge in [0.15, 0.2) is 5.13 Å². The van der Waals surface area contributed by atoms with Gasteiger partial charge in [0.2, 0.25) is 5.91 Å². The average Bonchev–Trinajstić information content (AvgIpc) is 3.16. The van der Waals surface area contributed by atoms with Gasteiger partial charge in [-0.1, -0.05) is 24.3 Å². The Kier molecular flexibility index (Phi) is 4.49. The number of hydrogen-bond donors (Lipinski definition) is 0. The number of amides is 1. The molecule has 5 nitrogen and oxygen atoms in total. The molecule has 0 saturated carbocycles. The predicted octanol–water partition coefficient (Wildman–Crippen LogP) is 1.85. The molecule has 1 fully saturated rings. The first-order valence-electron chi connectivity index (χ1n) is 8.51. The third kappa shape index (κ3) is 3.30. The lowest BCUT2D eigenvalue weighted by atomic mass is 10.00. The van der Waals surface area contributed by atoms with E-state index in [1.807, 2.05) is 16.5 Å². The minimum absolute atomic E-state index is 0.257. The topological polar surface area (TPSA) is 39.7 Å². The van der Waals surface area contributed by atoms with Gasteiger partial charge >= 0.3 is 0 Å². The van der Waals surface area contributed by atoms with Crippen LogP contribution >= 0.6 is 11.3 Å². The van der Waals surface area contributed by atoms with Gasteiger partial charge in [-0.2, -0.15) is 0 Å². The van der Waals surface area contributed by atoms with Gasteiger partial charge in [-0.25, -0.2) is 4.98 Å². The Morgan fingerprint density at radius 1 is 1.08 bits per heavy atom. The van der Waals surface area contributed by atoms with Crippen LogP contribution in [-0.2, 0) is 17.8 Å². The maximum atomic E-state index is 12.6. The number of nitrogens with zero attached hydrogens (tertiary/aromatic N) is 4. The molecule has 4 rings (SSSR count). The second-order valence-electron chi connectivity index (χ2n) is 6.41. The summed E-state index contributed by atoms with van der Waals surface area (Å²) < 4.78 is 0. The smallest absolute Gasteiger partial charge is 0.237 e. The van der Waals surface area contributed by atoms with Gasteiger partial charge < -0.3 is 9.80 Å². The van der Waals surface area contributed by atoms with E-state index < -0.39 is 0 Å². The molecule has 2 aromatic rings. The van der Waals surface area contributed by atoms with Gasteiger partial charge in [0.05, 0.1) is 6.54 Å². The summed E-state index contributed by atoms with van der Waals surface area (Å²) in [5.41, 5.74) is 2.68. The highest BCUT2D eigenvalue weighted by atomic mass is 32.1. The van der Waals surface area contributed by atoms with E-state index in [9.17, 15) is 4.79 Å². The lowest BCUT2D eigenvalue weighted by molar-refractivity contribution is -0.133. The van der Waals surface area contributed by atoms with Crippen molar-refractivity contribution < 1.29 is 4.79 Å². The van der Waals surface area contributed by atoms with Crippen LogP contribution in [0.25, 0.3) is 0 Å². The summed E-state index contributed by atoms with van der Waals surface area (Å²) in [7, 11) is 0. The SMILES string of the molecule is O=C(CN1CCN(c2nccs2)CC1)N1CCc2ccccc2C1. The van der Waals surface area contributed by atoms with Gasteiger partial charge in [0, 0.05) is 50.8 Å². The molecular formula is C18H22N4OS. The Hall–Kier alpha value is -1.92. The molecular weight excluding hydrogens is 320 g/mol. The van der Waals surface area contributed by atoms with Crippen molar-refractivity contribution in [2.45, 2.75) is 13.0 Å². The number of aromatic nitrogens is 1. The third-order valence-electron chi connectivity index (χ3n) is 4.90. The molecule has 0 bridgehead atoms. The average molecular weight is 342 g/mol. The first-order chi connectivity index (χ1) is 11.8. The van der Waals surface area contributed by atoms with Crippen LogP contribution in [0.5, 0.6) is 0 Å². The number of benzene rings is 1. The molecule has 1 aromatic heterocycles. The summed E-state index contributed by atoms with van der Waals surface area (Å²) in [6.07, 6.45) is 2.82. The Balaban J connectivity index is 1.30. The van der Waals surface area contributed by atoms with Crippen LogP contribution in [0.2, 0.25) is 0 Å². The number of carbonyl (C=O) groups excluding carboxylic acids is 1. The maximum Gasteiger partial charge on any atom is 0.237 e. The van der Waals surface area contributed by atoms with Crippen LogP contribution < -0.4 is 4.90 Å². The maximum absolute atomic E-state index is 12.6. The molecule has 1 aromatic carbocycles. The minimum Gasteiger partial charge on any atom is -0.346 e. The molecule has 2 aliphatic rings. The zero-order valence-electron chi connectivity index (χ0n) is 13.7. The number of rotatable bonds is 3. The standard InChI is InChI=1S/C18H22N4OS/c23-17(22-7-5-15-3-1-2-4-16(15)13-22)14-20-8-10-21(11-9-20)18-19-6-12-24-18/h1-4,6,12H,5,7-11,13-14H2. The molecule has 126 valence electrons. The highest BCUT2D eigenvalue weighted by Gasteiger charge is 2.24. The molecule has 2 aliphatic heterocycles. The molecule has 0 N–H and O–H groups in total. The van der Waals surface area contributed by atoms with Crippen LogP contribution in [0.15, 0.2) is 35.8 Å². The fraction of sp³-hybridized carbons (Fsp3) is 0.444. The summed E-state index contributed by atoms with van der Waals surface area (Å²) >= 11 is 1.68. The number of hydrogen-bond acceptors (Lipinski definition) is 5. The van der Waals surface area contributed by atoms with Crippen molar-refractivity contribution in [2.24, 2.45) is 0 Å². The lowest BCUT2D eigenvalue weighted by Gasteiger charge is -2.36. The van der Waals surface area contributed by atoms with E-state index in [2.05, 4.69) is 39.0 Å². The fourth-order valence-electron chi connectivity index (χ4n) is 3.47. The monoisotopic (exact) mass is 342 g/mol. The van der Waals surface area contributed by atoms with Crippen LogP contribution in [0.4, 0.5) is 5.13 Å². The van der Waals surface area contributed by atoms with Crippen molar-refractivity contribution in [1.29, 1.82) is 0 Å². The van der Waals surface area contributed by atoms with Crippen molar-refractivity contribution in [2.75, 3.05) is 44.2 Å². The summed E-state index contributed by atoms with van der Waals surface area (Å²) in [6.45, 7) is 5.88.